The Labute approximate surface area is 260 Å². The van der Waals surface area contributed by atoms with Gasteiger partial charge in [-0.3, -0.25) is 9.59 Å². The Morgan fingerprint density at radius 2 is 1.49 bits per heavy atom. The molecule has 43 heavy (non-hydrogen) atoms. The van der Waals surface area contributed by atoms with Crippen molar-refractivity contribution in [1.29, 1.82) is 0 Å². The van der Waals surface area contributed by atoms with Crippen LogP contribution in [0, 0.1) is 0 Å². The van der Waals surface area contributed by atoms with Crippen LogP contribution in [0.4, 0.5) is 5.82 Å². The molecule has 5 unspecified atom stereocenters. The molecule has 1 saturated heterocycles. The molecule has 0 spiro atoms. The molecule has 248 valence electrons. The molecule has 6 N–H and O–H groups in total. The summed E-state index contributed by atoms with van der Waals surface area (Å²) >= 11 is 1.59. The Morgan fingerprint density at radius 1 is 0.884 bits per heavy atom. The second kappa shape index (κ2) is 21.9. The first-order valence-electron chi connectivity index (χ1n) is 16.2. The van der Waals surface area contributed by atoms with Crippen LogP contribution in [0.1, 0.15) is 110 Å². The van der Waals surface area contributed by atoms with E-state index in [0.29, 0.717) is 12.2 Å². The number of thioether (sulfide) groups is 1. The number of carbonyl (C=O) groups is 2. The van der Waals surface area contributed by atoms with Crippen molar-refractivity contribution in [2.75, 3.05) is 16.8 Å². The molecule has 0 aromatic carbocycles. The summed E-state index contributed by atoms with van der Waals surface area (Å²) in [6.45, 7) is 4.21. The van der Waals surface area contributed by atoms with Crippen LogP contribution in [0.2, 0.25) is 0 Å². The Balaban J connectivity index is 1.70. The zero-order valence-corrected chi connectivity index (χ0v) is 26.8. The van der Waals surface area contributed by atoms with E-state index in [-0.39, 0.29) is 18.3 Å². The van der Waals surface area contributed by atoms with Crippen LogP contribution in [-0.2, 0) is 20.9 Å². The largest absolute Gasteiger partial charge is 0.388 e. The number of rotatable bonds is 23. The van der Waals surface area contributed by atoms with E-state index in [4.69, 9.17) is 4.74 Å². The second-order valence-electron chi connectivity index (χ2n) is 11.5. The van der Waals surface area contributed by atoms with E-state index in [9.17, 15) is 30.0 Å². The summed E-state index contributed by atoms with van der Waals surface area (Å²) < 4.78 is 6.46. The van der Waals surface area contributed by atoms with E-state index in [2.05, 4.69) is 34.8 Å². The first-order chi connectivity index (χ1) is 20.8. The lowest BCUT2D eigenvalue weighted by atomic mass is 9.99. The Bertz CT molecular complexity index is 908. The van der Waals surface area contributed by atoms with E-state index in [1.54, 1.807) is 11.8 Å². The predicted molar refractivity (Wildman–Crippen MR) is 167 cm³/mol. The average Bonchev–Trinajstić information content (AvgIpc) is 3.43. The van der Waals surface area contributed by atoms with Gasteiger partial charge in [-0.25, -0.2) is 4.68 Å². The van der Waals surface area contributed by atoms with Crippen LogP contribution in [0.5, 0.6) is 0 Å². The fourth-order valence-corrected chi connectivity index (χ4v) is 5.95. The summed E-state index contributed by atoms with van der Waals surface area (Å²) in [7, 11) is 0. The lowest BCUT2D eigenvalue weighted by molar-refractivity contribution is -0.284. The van der Waals surface area contributed by atoms with Crippen molar-refractivity contribution >= 4 is 29.4 Å². The number of aromatic nitrogens is 3. The Kier molecular flexibility index (Phi) is 19.0. The van der Waals surface area contributed by atoms with Gasteiger partial charge in [0.15, 0.2) is 12.1 Å². The lowest BCUT2D eigenvalue weighted by Crippen LogP contribution is -2.58. The van der Waals surface area contributed by atoms with Crippen molar-refractivity contribution in [1.82, 2.24) is 20.3 Å². The van der Waals surface area contributed by atoms with Gasteiger partial charge < -0.3 is 35.8 Å². The number of amides is 2. The number of aliphatic hydroxyl groups excluding tert-OH is 4. The summed E-state index contributed by atoms with van der Waals surface area (Å²) in [5.41, 5.74) is 0. The van der Waals surface area contributed by atoms with Crippen LogP contribution in [0.25, 0.3) is 0 Å². The summed E-state index contributed by atoms with van der Waals surface area (Å²) in [4.78, 5) is 25.7. The van der Waals surface area contributed by atoms with Crippen molar-refractivity contribution in [2.45, 2.75) is 153 Å². The topological polar surface area (TPSA) is 179 Å². The highest BCUT2D eigenvalue weighted by Gasteiger charge is 2.43. The van der Waals surface area contributed by atoms with Gasteiger partial charge in [-0.2, -0.15) is 11.8 Å². The highest BCUT2D eigenvalue weighted by molar-refractivity contribution is 7.99. The van der Waals surface area contributed by atoms with Gasteiger partial charge in [0.05, 0.1) is 12.7 Å². The molecule has 1 fully saturated rings. The van der Waals surface area contributed by atoms with Crippen LogP contribution in [0.15, 0.2) is 6.20 Å². The first kappa shape index (κ1) is 37.4. The number of nitrogens with one attached hydrogen (secondary N) is 2. The molecular weight excluding hydrogens is 574 g/mol. The van der Waals surface area contributed by atoms with Gasteiger partial charge in [0, 0.05) is 12.2 Å². The minimum absolute atomic E-state index is 0.0868. The molecule has 0 saturated carbocycles. The van der Waals surface area contributed by atoms with Gasteiger partial charge in [-0.1, -0.05) is 96.1 Å². The molecule has 1 aromatic heterocycles. The summed E-state index contributed by atoms with van der Waals surface area (Å²) in [6, 6.07) is -0.730. The standard InChI is InChI=1S/C30H55N5O7S/c1-3-5-6-7-8-9-10-11-12-13-14-15-16-17-25(36)31-22(21-43-18-4-2)29(40)32-24-20-35(34-33-24)19-23-26(37)27(38)28(39)30(41)42-23/h20,22-23,26-28,30,37-39,41H,3-19,21H2,1-2H3,(H,31,36)(H,32,40)/t22-,23?,26?,27?,28?,30?/m1/s1. The SMILES string of the molecule is CCCCCCCCCCCCCCCC(=O)N[C@H](CSCCC)C(=O)Nc1cn(CC2OC(O)C(O)C(O)C2O)nn1. The van der Waals surface area contributed by atoms with Crippen molar-refractivity contribution < 1.29 is 34.8 Å². The molecule has 1 aliphatic rings. The molecule has 2 amide bonds. The molecule has 0 aliphatic carbocycles. The molecule has 13 heteroatoms. The number of hydrogen-bond donors (Lipinski definition) is 6. The molecule has 12 nitrogen and oxygen atoms in total. The highest BCUT2D eigenvalue weighted by Crippen LogP contribution is 2.21. The van der Waals surface area contributed by atoms with Crippen molar-refractivity contribution in [2.24, 2.45) is 0 Å². The van der Waals surface area contributed by atoms with Gasteiger partial charge >= 0.3 is 0 Å². The minimum Gasteiger partial charge on any atom is -0.388 e. The Hall–Kier alpha value is -1.77. The molecule has 6 atom stereocenters. The fraction of sp³-hybridized carbons (Fsp3) is 0.867. The third kappa shape index (κ3) is 14.7. The molecular formula is C30H55N5O7S. The number of unbranched alkanes of at least 4 members (excludes halogenated alkanes) is 12. The summed E-state index contributed by atoms with van der Waals surface area (Å²) in [5.74, 6) is 0.889. The van der Waals surface area contributed by atoms with E-state index in [1.807, 2.05) is 0 Å². The molecule has 2 heterocycles. The zero-order valence-electron chi connectivity index (χ0n) is 26.0. The third-order valence-electron chi connectivity index (χ3n) is 7.64. The number of ether oxygens (including phenoxy) is 1. The van der Waals surface area contributed by atoms with Crippen LogP contribution in [0.3, 0.4) is 0 Å². The quantitative estimate of drug-likeness (QED) is 0.0985. The van der Waals surface area contributed by atoms with Crippen LogP contribution < -0.4 is 10.6 Å². The maximum absolute atomic E-state index is 13.0. The maximum atomic E-state index is 13.0. The number of nitrogens with zero attached hydrogens (tertiary/aromatic N) is 3. The lowest BCUT2D eigenvalue weighted by Gasteiger charge is -2.38. The predicted octanol–water partition coefficient (Wildman–Crippen LogP) is 3.13. The van der Waals surface area contributed by atoms with Crippen molar-refractivity contribution in [3.8, 4) is 0 Å². The van der Waals surface area contributed by atoms with Crippen LogP contribution >= 0.6 is 11.8 Å². The zero-order chi connectivity index (χ0) is 31.5. The molecule has 2 rings (SSSR count). The molecule has 0 radical (unpaired) electrons. The van der Waals surface area contributed by atoms with Gasteiger partial charge in [-0.05, 0) is 18.6 Å². The van der Waals surface area contributed by atoms with Crippen molar-refractivity contribution in [3.05, 3.63) is 6.20 Å². The normalized spacial score (nSPS) is 22.8. The summed E-state index contributed by atoms with van der Waals surface area (Å²) in [6.07, 6.45) is 11.5. The van der Waals surface area contributed by atoms with Crippen LogP contribution in [-0.4, -0.2) is 95.5 Å². The molecule has 1 aliphatic heterocycles. The van der Waals surface area contributed by atoms with E-state index < -0.39 is 42.7 Å². The van der Waals surface area contributed by atoms with Gasteiger partial charge in [-0.15, -0.1) is 5.10 Å². The first-order valence-corrected chi connectivity index (χ1v) is 17.4. The molecule has 0 bridgehead atoms. The van der Waals surface area contributed by atoms with Gasteiger partial charge in [0.2, 0.25) is 11.8 Å². The average molecular weight is 630 g/mol. The minimum atomic E-state index is -1.66. The second-order valence-corrected chi connectivity index (χ2v) is 12.7. The Morgan fingerprint density at radius 3 is 2.09 bits per heavy atom. The number of hydrogen-bond acceptors (Lipinski definition) is 10. The van der Waals surface area contributed by atoms with E-state index >= 15 is 0 Å². The van der Waals surface area contributed by atoms with E-state index in [1.165, 1.54) is 75.1 Å². The maximum Gasteiger partial charge on any atom is 0.249 e. The smallest absolute Gasteiger partial charge is 0.249 e. The number of carbonyl (C=O) groups excluding carboxylic acids is 2. The fourth-order valence-electron chi connectivity index (χ4n) is 5.02. The number of aliphatic hydroxyl groups is 4. The summed E-state index contributed by atoms with van der Waals surface area (Å²) in [5, 5.41) is 52.8. The van der Waals surface area contributed by atoms with Gasteiger partial charge in [0.25, 0.3) is 0 Å². The van der Waals surface area contributed by atoms with Crippen molar-refractivity contribution in [3.63, 3.8) is 0 Å². The highest BCUT2D eigenvalue weighted by atomic mass is 32.2. The number of anilines is 1. The van der Waals surface area contributed by atoms with Gasteiger partial charge in [0.1, 0.15) is 30.5 Å². The third-order valence-corrected chi connectivity index (χ3v) is 8.90. The van der Waals surface area contributed by atoms with E-state index in [0.717, 1.165) is 31.4 Å². The monoisotopic (exact) mass is 629 g/mol. The molecule has 1 aromatic rings.